The van der Waals surface area contributed by atoms with Crippen LogP contribution in [-0.2, 0) is 0 Å². The number of rotatable bonds is 2. The molecule has 0 unspecified atom stereocenters. The maximum Gasteiger partial charge on any atom is 0.0120 e. The molecule has 1 N–H and O–H groups in total. The second kappa shape index (κ2) is 5.89. The summed E-state index contributed by atoms with van der Waals surface area (Å²) in [6.07, 6.45) is 2.71. The Hall–Kier alpha value is -0.120. The van der Waals surface area contributed by atoms with Gasteiger partial charge in [0, 0.05) is 38.3 Å². The van der Waals surface area contributed by atoms with E-state index in [9.17, 15) is 0 Å². The van der Waals surface area contributed by atoms with Crippen molar-refractivity contribution in [2.24, 2.45) is 5.41 Å². The van der Waals surface area contributed by atoms with E-state index in [-0.39, 0.29) is 0 Å². The molecule has 2 saturated heterocycles. The minimum atomic E-state index is 0.422. The van der Waals surface area contributed by atoms with Crippen molar-refractivity contribution in [2.45, 2.75) is 52.6 Å². The second-order valence-electron chi connectivity index (χ2n) is 7.17. The zero-order chi connectivity index (χ0) is 13.2. The third kappa shape index (κ3) is 3.69. The lowest BCUT2D eigenvalue weighted by Crippen LogP contribution is -2.49. The van der Waals surface area contributed by atoms with Crippen LogP contribution in [0.25, 0.3) is 0 Å². The number of likely N-dealkylation sites (tertiary alicyclic amines) is 1. The van der Waals surface area contributed by atoms with Crippen LogP contribution in [0.4, 0.5) is 0 Å². The summed E-state index contributed by atoms with van der Waals surface area (Å²) in [6, 6.07) is 1.53. The van der Waals surface area contributed by atoms with Crippen molar-refractivity contribution in [3.63, 3.8) is 0 Å². The molecule has 0 aliphatic carbocycles. The molecule has 0 aromatic carbocycles. The van der Waals surface area contributed by atoms with Crippen LogP contribution in [-0.4, -0.2) is 61.2 Å². The van der Waals surface area contributed by atoms with E-state index >= 15 is 0 Å². The summed E-state index contributed by atoms with van der Waals surface area (Å²) in [5.41, 5.74) is 0.422. The molecule has 3 heteroatoms. The molecular formula is C15H31N3. The fraction of sp³-hybridized carbons (Fsp3) is 1.00. The van der Waals surface area contributed by atoms with E-state index in [1.807, 2.05) is 0 Å². The van der Waals surface area contributed by atoms with Crippen molar-refractivity contribution in [3.8, 4) is 0 Å². The monoisotopic (exact) mass is 253 g/mol. The molecule has 2 aliphatic heterocycles. The highest BCUT2D eigenvalue weighted by atomic mass is 15.2. The lowest BCUT2D eigenvalue weighted by molar-refractivity contribution is 0.0771. The van der Waals surface area contributed by atoms with E-state index < -0.39 is 0 Å². The van der Waals surface area contributed by atoms with Crippen molar-refractivity contribution < 1.29 is 0 Å². The van der Waals surface area contributed by atoms with Gasteiger partial charge in [0.1, 0.15) is 0 Å². The zero-order valence-electron chi connectivity index (χ0n) is 12.7. The first-order valence-corrected chi connectivity index (χ1v) is 7.67. The third-order valence-corrected chi connectivity index (χ3v) is 4.56. The largest absolute Gasteiger partial charge is 0.315 e. The first-order chi connectivity index (χ1) is 8.48. The van der Waals surface area contributed by atoms with Crippen molar-refractivity contribution >= 4 is 0 Å². The fourth-order valence-electron chi connectivity index (χ4n) is 3.41. The smallest absolute Gasteiger partial charge is 0.0120 e. The molecule has 2 heterocycles. The highest BCUT2D eigenvalue weighted by Crippen LogP contribution is 2.24. The Labute approximate surface area is 113 Å². The van der Waals surface area contributed by atoms with E-state index in [1.165, 1.54) is 39.0 Å². The number of nitrogens with zero attached hydrogens (tertiary/aromatic N) is 2. The van der Waals surface area contributed by atoms with Gasteiger partial charge >= 0.3 is 0 Å². The van der Waals surface area contributed by atoms with Gasteiger partial charge in [-0.1, -0.05) is 13.8 Å². The van der Waals surface area contributed by atoms with Crippen molar-refractivity contribution in [3.05, 3.63) is 0 Å². The molecule has 2 aliphatic rings. The van der Waals surface area contributed by atoms with Crippen molar-refractivity contribution in [1.82, 2.24) is 15.1 Å². The molecule has 0 amide bonds. The predicted molar refractivity (Wildman–Crippen MR) is 78.0 cm³/mol. The highest BCUT2D eigenvalue weighted by Gasteiger charge is 2.31. The van der Waals surface area contributed by atoms with Gasteiger partial charge in [0.25, 0.3) is 0 Å². The summed E-state index contributed by atoms with van der Waals surface area (Å²) < 4.78 is 0. The molecule has 18 heavy (non-hydrogen) atoms. The number of hydrogen-bond acceptors (Lipinski definition) is 3. The van der Waals surface area contributed by atoms with Gasteiger partial charge in [-0.15, -0.1) is 0 Å². The van der Waals surface area contributed by atoms with Gasteiger partial charge < -0.3 is 10.2 Å². The zero-order valence-corrected chi connectivity index (χ0v) is 12.7. The molecule has 2 rings (SSSR count). The van der Waals surface area contributed by atoms with Crippen LogP contribution in [0.5, 0.6) is 0 Å². The molecule has 2 fully saturated rings. The Bertz CT molecular complexity index is 254. The minimum Gasteiger partial charge on any atom is -0.315 e. The predicted octanol–water partition coefficient (Wildman–Crippen LogP) is 1.79. The first kappa shape index (κ1) is 14.3. The summed E-state index contributed by atoms with van der Waals surface area (Å²) in [5.74, 6) is 0. The van der Waals surface area contributed by atoms with Crippen LogP contribution in [0.3, 0.4) is 0 Å². The summed E-state index contributed by atoms with van der Waals surface area (Å²) in [4.78, 5) is 5.37. The van der Waals surface area contributed by atoms with Gasteiger partial charge in [-0.2, -0.15) is 0 Å². The summed E-state index contributed by atoms with van der Waals surface area (Å²) >= 11 is 0. The normalized spacial score (nSPS) is 28.5. The molecular weight excluding hydrogens is 222 g/mol. The maximum atomic E-state index is 3.58. The average molecular weight is 253 g/mol. The second-order valence-corrected chi connectivity index (χ2v) is 7.17. The van der Waals surface area contributed by atoms with Gasteiger partial charge in [0.05, 0.1) is 0 Å². The van der Waals surface area contributed by atoms with Gasteiger partial charge in [-0.05, 0) is 45.2 Å². The maximum absolute atomic E-state index is 3.58. The van der Waals surface area contributed by atoms with Gasteiger partial charge in [0.2, 0.25) is 0 Å². The lowest BCUT2D eigenvalue weighted by Gasteiger charge is -2.41. The Morgan fingerprint density at radius 2 is 1.78 bits per heavy atom. The fourth-order valence-corrected chi connectivity index (χ4v) is 3.41. The standard InChI is InChI=1S/C15H31N3/c1-13(2)17-8-5-14(6-9-17)18-10-7-16-11-15(3,4)12-18/h13-14,16H,5-12H2,1-4H3. The van der Waals surface area contributed by atoms with E-state index in [0.717, 1.165) is 19.1 Å². The van der Waals surface area contributed by atoms with Gasteiger partial charge in [-0.25, -0.2) is 0 Å². The van der Waals surface area contributed by atoms with Crippen LogP contribution in [0.15, 0.2) is 0 Å². The van der Waals surface area contributed by atoms with E-state index in [4.69, 9.17) is 0 Å². The molecule has 0 radical (unpaired) electrons. The van der Waals surface area contributed by atoms with Crippen LogP contribution in [0.1, 0.15) is 40.5 Å². The molecule has 0 saturated carbocycles. The number of hydrogen-bond donors (Lipinski definition) is 1. The quantitative estimate of drug-likeness (QED) is 0.809. The lowest BCUT2D eigenvalue weighted by atomic mass is 9.91. The van der Waals surface area contributed by atoms with E-state index in [0.29, 0.717) is 11.5 Å². The Morgan fingerprint density at radius 3 is 2.39 bits per heavy atom. The molecule has 3 nitrogen and oxygen atoms in total. The molecule has 0 aromatic rings. The molecule has 106 valence electrons. The molecule has 0 atom stereocenters. The van der Waals surface area contributed by atoms with Gasteiger partial charge in [-0.3, -0.25) is 4.90 Å². The number of nitrogens with one attached hydrogen (secondary N) is 1. The Kier molecular flexibility index (Phi) is 4.68. The SMILES string of the molecule is CC(C)N1CCC(N2CCNCC(C)(C)C2)CC1. The van der Waals surface area contributed by atoms with Crippen molar-refractivity contribution in [1.29, 1.82) is 0 Å². The van der Waals surface area contributed by atoms with Crippen LogP contribution < -0.4 is 5.32 Å². The van der Waals surface area contributed by atoms with Crippen LogP contribution in [0.2, 0.25) is 0 Å². The highest BCUT2D eigenvalue weighted by molar-refractivity contribution is 4.87. The summed E-state index contributed by atoms with van der Waals surface area (Å²) in [6.45, 7) is 16.8. The average Bonchev–Trinajstić information content (AvgIpc) is 2.50. The Balaban J connectivity index is 1.88. The summed E-state index contributed by atoms with van der Waals surface area (Å²) in [7, 11) is 0. The number of piperidine rings is 1. The third-order valence-electron chi connectivity index (χ3n) is 4.56. The van der Waals surface area contributed by atoms with Crippen LogP contribution >= 0.6 is 0 Å². The van der Waals surface area contributed by atoms with E-state index in [1.54, 1.807) is 0 Å². The Morgan fingerprint density at radius 1 is 1.11 bits per heavy atom. The molecule has 0 bridgehead atoms. The minimum absolute atomic E-state index is 0.422. The topological polar surface area (TPSA) is 18.5 Å². The summed E-state index contributed by atoms with van der Waals surface area (Å²) in [5, 5.41) is 3.58. The molecule has 0 aromatic heterocycles. The first-order valence-electron chi connectivity index (χ1n) is 7.67. The van der Waals surface area contributed by atoms with Gasteiger partial charge in [0.15, 0.2) is 0 Å². The molecule has 0 spiro atoms. The van der Waals surface area contributed by atoms with Crippen molar-refractivity contribution in [2.75, 3.05) is 39.3 Å². The van der Waals surface area contributed by atoms with Crippen LogP contribution in [0, 0.1) is 5.41 Å². The van der Waals surface area contributed by atoms with E-state index in [2.05, 4.69) is 42.8 Å².